The SMILES string of the molecule is C=C1CC[C@H](O[Si](C)(C)C(C)(C)C)C[C@]12O[C@@H]2COC(C)=O. The van der Waals surface area contributed by atoms with Crippen LogP contribution < -0.4 is 0 Å². The van der Waals surface area contributed by atoms with Crippen LogP contribution in [0.3, 0.4) is 0 Å². The average molecular weight is 327 g/mol. The normalized spacial score (nSPS) is 32.2. The highest BCUT2D eigenvalue weighted by Gasteiger charge is 2.61. The van der Waals surface area contributed by atoms with Crippen LogP contribution in [-0.4, -0.2) is 38.7 Å². The lowest BCUT2D eigenvalue weighted by Crippen LogP contribution is -2.46. The Labute approximate surface area is 135 Å². The minimum Gasteiger partial charge on any atom is -0.463 e. The van der Waals surface area contributed by atoms with Crippen molar-refractivity contribution in [3.63, 3.8) is 0 Å². The van der Waals surface area contributed by atoms with Crippen LogP contribution in [-0.2, 0) is 18.7 Å². The maximum absolute atomic E-state index is 11.0. The van der Waals surface area contributed by atoms with Gasteiger partial charge in [0, 0.05) is 19.4 Å². The summed E-state index contributed by atoms with van der Waals surface area (Å²) in [6, 6.07) is 0. The molecule has 3 atom stereocenters. The third-order valence-electron chi connectivity index (χ3n) is 5.42. The molecule has 0 aromatic heterocycles. The van der Waals surface area contributed by atoms with Gasteiger partial charge in [-0.05, 0) is 36.5 Å². The van der Waals surface area contributed by atoms with Gasteiger partial charge >= 0.3 is 5.97 Å². The van der Waals surface area contributed by atoms with E-state index in [1.807, 2.05) is 0 Å². The van der Waals surface area contributed by atoms with Gasteiger partial charge in [0.1, 0.15) is 18.3 Å². The van der Waals surface area contributed by atoms with E-state index in [1.54, 1.807) is 0 Å². The lowest BCUT2D eigenvalue weighted by atomic mass is 9.81. The number of esters is 1. The minimum atomic E-state index is -1.78. The lowest BCUT2D eigenvalue weighted by molar-refractivity contribution is -0.141. The van der Waals surface area contributed by atoms with Gasteiger partial charge in [0.15, 0.2) is 8.32 Å². The van der Waals surface area contributed by atoms with Gasteiger partial charge in [-0.25, -0.2) is 0 Å². The van der Waals surface area contributed by atoms with Gasteiger partial charge < -0.3 is 13.9 Å². The van der Waals surface area contributed by atoms with Gasteiger partial charge in [-0.1, -0.05) is 27.4 Å². The summed E-state index contributed by atoms with van der Waals surface area (Å²) in [5, 5.41) is 0.205. The molecule has 1 aliphatic carbocycles. The summed E-state index contributed by atoms with van der Waals surface area (Å²) in [6.07, 6.45) is 2.94. The van der Waals surface area contributed by atoms with Gasteiger partial charge in [-0.3, -0.25) is 4.79 Å². The van der Waals surface area contributed by atoms with Gasteiger partial charge in [-0.15, -0.1) is 0 Å². The first-order chi connectivity index (χ1) is 9.98. The van der Waals surface area contributed by atoms with E-state index in [0.717, 1.165) is 24.8 Å². The van der Waals surface area contributed by atoms with Crippen LogP contribution in [0.1, 0.15) is 47.0 Å². The molecule has 1 spiro atoms. The number of epoxide rings is 1. The van der Waals surface area contributed by atoms with E-state index < -0.39 is 8.32 Å². The molecule has 126 valence electrons. The Hall–Kier alpha value is -0.653. The number of hydrogen-bond acceptors (Lipinski definition) is 4. The van der Waals surface area contributed by atoms with Crippen LogP contribution in [0.2, 0.25) is 18.1 Å². The molecule has 0 N–H and O–H groups in total. The highest BCUT2D eigenvalue weighted by atomic mass is 28.4. The van der Waals surface area contributed by atoms with Gasteiger partial charge in [-0.2, -0.15) is 0 Å². The summed E-state index contributed by atoms with van der Waals surface area (Å²) in [5.41, 5.74) is 0.806. The molecule has 0 radical (unpaired) electrons. The fourth-order valence-corrected chi connectivity index (χ4v) is 4.29. The quantitative estimate of drug-likeness (QED) is 0.341. The summed E-state index contributed by atoms with van der Waals surface area (Å²) in [4.78, 5) is 11.0. The molecule has 0 unspecified atom stereocenters. The van der Waals surface area contributed by atoms with Gasteiger partial charge in [0.25, 0.3) is 0 Å². The molecule has 2 aliphatic rings. The first-order valence-electron chi connectivity index (χ1n) is 8.15. The van der Waals surface area contributed by atoms with Crippen LogP contribution in [0.4, 0.5) is 0 Å². The molecule has 0 aromatic carbocycles. The molecule has 22 heavy (non-hydrogen) atoms. The Morgan fingerprint density at radius 2 is 2.09 bits per heavy atom. The fraction of sp³-hybridized carbons (Fsp3) is 0.824. The number of rotatable bonds is 4. The van der Waals surface area contributed by atoms with Crippen molar-refractivity contribution in [3.8, 4) is 0 Å². The number of carbonyl (C=O) groups is 1. The molecular weight excluding hydrogens is 296 g/mol. The Morgan fingerprint density at radius 1 is 1.45 bits per heavy atom. The summed E-state index contributed by atoms with van der Waals surface area (Å²) >= 11 is 0. The van der Waals surface area contributed by atoms with E-state index in [0.29, 0.717) is 6.61 Å². The Morgan fingerprint density at radius 3 is 2.64 bits per heavy atom. The summed E-state index contributed by atoms with van der Waals surface area (Å²) in [7, 11) is -1.78. The van der Waals surface area contributed by atoms with Crippen molar-refractivity contribution in [2.45, 2.75) is 82.9 Å². The zero-order chi connectivity index (χ0) is 16.8. The van der Waals surface area contributed by atoms with Crippen molar-refractivity contribution >= 4 is 14.3 Å². The maximum atomic E-state index is 11.0. The van der Waals surface area contributed by atoms with E-state index in [9.17, 15) is 4.79 Å². The Bertz CT molecular complexity index is 466. The topological polar surface area (TPSA) is 48.1 Å². The van der Waals surface area contributed by atoms with E-state index in [1.165, 1.54) is 6.92 Å². The third kappa shape index (κ3) is 3.47. The number of hydrogen-bond donors (Lipinski definition) is 0. The van der Waals surface area contributed by atoms with Gasteiger partial charge in [0.2, 0.25) is 0 Å². The molecule has 5 heteroatoms. The summed E-state index contributed by atoms with van der Waals surface area (Å²) in [6.45, 7) is 17.3. The first-order valence-corrected chi connectivity index (χ1v) is 11.1. The Balaban J connectivity index is 1.98. The molecule has 1 saturated heterocycles. The summed E-state index contributed by atoms with van der Waals surface area (Å²) < 4.78 is 17.5. The van der Waals surface area contributed by atoms with Crippen LogP contribution in [0, 0.1) is 0 Å². The number of ether oxygens (including phenoxy) is 2. The molecule has 2 rings (SSSR count). The second-order valence-electron chi connectivity index (χ2n) is 8.15. The molecule has 4 nitrogen and oxygen atoms in total. The molecule has 1 saturated carbocycles. The smallest absolute Gasteiger partial charge is 0.302 e. The highest BCUT2D eigenvalue weighted by Crippen LogP contribution is 2.52. The van der Waals surface area contributed by atoms with Crippen molar-refractivity contribution < 1.29 is 18.7 Å². The third-order valence-corrected chi connectivity index (χ3v) is 9.95. The lowest BCUT2D eigenvalue weighted by Gasteiger charge is -2.41. The van der Waals surface area contributed by atoms with E-state index in [2.05, 4.69) is 40.4 Å². The zero-order valence-electron chi connectivity index (χ0n) is 14.8. The molecule has 1 aliphatic heterocycles. The molecule has 2 fully saturated rings. The largest absolute Gasteiger partial charge is 0.463 e. The standard InChI is InChI=1S/C17H30O4Si/c1-12-8-9-14(21-22(6,7)16(3,4)5)10-17(12)15(20-17)11-19-13(2)18/h14-15H,1,8-11H2,2-7H3/t14-,15+,17-/m0/s1. The number of carbonyl (C=O) groups excluding carboxylic acids is 1. The van der Waals surface area contributed by atoms with Crippen molar-refractivity contribution in [1.82, 2.24) is 0 Å². The molecule has 0 aromatic rings. The van der Waals surface area contributed by atoms with E-state index in [4.69, 9.17) is 13.9 Å². The van der Waals surface area contributed by atoms with Gasteiger partial charge in [0.05, 0.1) is 0 Å². The van der Waals surface area contributed by atoms with Crippen molar-refractivity contribution in [3.05, 3.63) is 12.2 Å². The monoisotopic (exact) mass is 326 g/mol. The second-order valence-corrected chi connectivity index (χ2v) is 12.9. The second kappa shape index (κ2) is 5.76. The summed E-state index contributed by atoms with van der Waals surface area (Å²) in [5.74, 6) is -0.263. The van der Waals surface area contributed by atoms with Crippen LogP contribution >= 0.6 is 0 Å². The highest BCUT2D eigenvalue weighted by molar-refractivity contribution is 6.74. The average Bonchev–Trinajstić information content (AvgIpc) is 3.04. The van der Waals surface area contributed by atoms with Crippen molar-refractivity contribution in [2.24, 2.45) is 0 Å². The molecule has 0 bridgehead atoms. The van der Waals surface area contributed by atoms with Crippen LogP contribution in [0.25, 0.3) is 0 Å². The fourth-order valence-electron chi connectivity index (χ4n) is 2.90. The van der Waals surface area contributed by atoms with Crippen molar-refractivity contribution in [1.29, 1.82) is 0 Å². The van der Waals surface area contributed by atoms with Crippen LogP contribution in [0.15, 0.2) is 12.2 Å². The Kier molecular flexibility index (Phi) is 4.64. The van der Waals surface area contributed by atoms with E-state index in [-0.39, 0.29) is 28.8 Å². The molecular formula is C17H30O4Si. The maximum Gasteiger partial charge on any atom is 0.302 e. The predicted molar refractivity (Wildman–Crippen MR) is 89.3 cm³/mol. The van der Waals surface area contributed by atoms with E-state index >= 15 is 0 Å². The minimum absolute atomic E-state index is 0.0466. The molecule has 0 amide bonds. The van der Waals surface area contributed by atoms with Crippen LogP contribution in [0.5, 0.6) is 0 Å². The zero-order valence-corrected chi connectivity index (χ0v) is 15.8. The van der Waals surface area contributed by atoms with Crippen molar-refractivity contribution in [2.75, 3.05) is 6.61 Å². The predicted octanol–water partition coefficient (Wildman–Crippen LogP) is 3.82. The molecule has 1 heterocycles. The first kappa shape index (κ1) is 17.7.